The van der Waals surface area contributed by atoms with E-state index in [0.29, 0.717) is 6.07 Å². The molecule has 0 unspecified atom stereocenters. The van der Waals surface area contributed by atoms with Crippen LogP contribution in [0.15, 0.2) is 18.2 Å². The first-order chi connectivity index (χ1) is 7.82. The molecule has 0 fully saturated rings. The second kappa shape index (κ2) is 6.34. The minimum Gasteiger partial charge on any atom is -0.469 e. The van der Waals surface area contributed by atoms with Crippen LogP contribution in [0, 0.1) is 5.82 Å². The maximum Gasteiger partial charge on any atom is 0.416 e. The lowest BCUT2D eigenvalue weighted by atomic mass is 10.1. The molecule has 1 rings (SSSR count). The van der Waals surface area contributed by atoms with Gasteiger partial charge in [0.15, 0.2) is 0 Å². The highest BCUT2D eigenvalue weighted by atomic mass is 19.4. The van der Waals surface area contributed by atoms with Crippen LogP contribution in [0.3, 0.4) is 0 Å². The molecule has 0 aromatic heterocycles. The number of hydrogen-bond acceptors (Lipinski definition) is 3. The van der Waals surface area contributed by atoms with Crippen molar-refractivity contribution in [2.45, 2.75) is 19.0 Å². The van der Waals surface area contributed by atoms with E-state index in [-0.39, 0.29) is 24.6 Å². The number of carbonyl (C=O) groups is 1. The standard InChI is InChI=1S/C11H10F4O2.H3N/c1-17-10(16)3-2-7-4-8(11(13,14)15)6-9(12)5-7;/h4-6H,2-3H2,1H3;1H3. The second-order valence-electron chi connectivity index (χ2n) is 3.42. The Morgan fingerprint density at radius 1 is 1.28 bits per heavy atom. The summed E-state index contributed by atoms with van der Waals surface area (Å²) < 4.78 is 54.4. The molecule has 0 amide bonds. The van der Waals surface area contributed by atoms with Crippen LogP contribution in [0.4, 0.5) is 17.6 Å². The molecule has 1 aromatic carbocycles. The molecule has 18 heavy (non-hydrogen) atoms. The third kappa shape index (κ3) is 4.70. The smallest absolute Gasteiger partial charge is 0.416 e. The van der Waals surface area contributed by atoms with Crippen LogP contribution in [-0.2, 0) is 22.1 Å². The van der Waals surface area contributed by atoms with Crippen molar-refractivity contribution in [3.05, 3.63) is 35.1 Å². The molecule has 7 heteroatoms. The largest absolute Gasteiger partial charge is 0.469 e. The molecule has 1 aromatic rings. The van der Waals surface area contributed by atoms with E-state index in [1.165, 1.54) is 7.11 Å². The highest BCUT2D eigenvalue weighted by Crippen LogP contribution is 2.30. The third-order valence-electron chi connectivity index (χ3n) is 2.13. The third-order valence-corrected chi connectivity index (χ3v) is 2.13. The van der Waals surface area contributed by atoms with Gasteiger partial charge in [0.2, 0.25) is 0 Å². The lowest BCUT2D eigenvalue weighted by Crippen LogP contribution is -2.07. The molecule has 0 atom stereocenters. The number of hydrogen-bond donors (Lipinski definition) is 1. The fourth-order valence-electron chi connectivity index (χ4n) is 1.31. The number of halogens is 4. The summed E-state index contributed by atoms with van der Waals surface area (Å²) in [4.78, 5) is 10.8. The maximum atomic E-state index is 12.9. The summed E-state index contributed by atoms with van der Waals surface area (Å²) in [6.07, 6.45) is -4.67. The van der Waals surface area contributed by atoms with Crippen molar-refractivity contribution in [2.24, 2.45) is 0 Å². The fraction of sp³-hybridized carbons (Fsp3) is 0.364. The van der Waals surface area contributed by atoms with Gasteiger partial charge in [0.25, 0.3) is 0 Å². The van der Waals surface area contributed by atoms with Crippen LogP contribution in [0.5, 0.6) is 0 Å². The lowest BCUT2D eigenvalue weighted by Gasteiger charge is -2.09. The Kier molecular flexibility index (Phi) is 5.77. The quantitative estimate of drug-likeness (QED) is 0.676. The van der Waals surface area contributed by atoms with E-state index >= 15 is 0 Å². The average Bonchev–Trinajstić information content (AvgIpc) is 2.24. The van der Waals surface area contributed by atoms with Gasteiger partial charge in [-0.25, -0.2) is 4.39 Å². The normalized spacial score (nSPS) is 10.7. The van der Waals surface area contributed by atoms with Crippen LogP contribution in [0.25, 0.3) is 0 Å². The first-order valence-corrected chi connectivity index (χ1v) is 4.76. The van der Waals surface area contributed by atoms with Crippen LogP contribution in [0.1, 0.15) is 17.5 Å². The Bertz CT molecular complexity index is 418. The number of alkyl halides is 3. The van der Waals surface area contributed by atoms with E-state index in [9.17, 15) is 22.4 Å². The zero-order valence-corrected chi connectivity index (χ0v) is 9.68. The van der Waals surface area contributed by atoms with Gasteiger partial charge in [-0.1, -0.05) is 0 Å². The van der Waals surface area contributed by atoms with Crippen molar-refractivity contribution < 1.29 is 27.1 Å². The van der Waals surface area contributed by atoms with Crippen molar-refractivity contribution >= 4 is 5.97 Å². The number of ether oxygens (including phenoxy) is 1. The molecule has 0 saturated carbocycles. The molecule has 0 saturated heterocycles. The minimum atomic E-state index is -4.60. The maximum absolute atomic E-state index is 12.9. The van der Waals surface area contributed by atoms with E-state index in [0.717, 1.165) is 12.1 Å². The van der Waals surface area contributed by atoms with Gasteiger partial charge in [0.1, 0.15) is 5.82 Å². The van der Waals surface area contributed by atoms with Crippen LogP contribution in [0.2, 0.25) is 0 Å². The Morgan fingerprint density at radius 2 is 1.89 bits per heavy atom. The Hall–Kier alpha value is -1.63. The summed E-state index contributed by atoms with van der Waals surface area (Å²) in [5.74, 6) is -1.53. The Morgan fingerprint density at radius 3 is 2.39 bits per heavy atom. The molecule has 0 radical (unpaired) electrons. The SMILES string of the molecule is COC(=O)CCc1cc(F)cc(C(F)(F)F)c1.N. The van der Waals surface area contributed by atoms with Gasteiger partial charge < -0.3 is 10.9 Å². The molecule has 0 aliphatic rings. The zero-order chi connectivity index (χ0) is 13.1. The van der Waals surface area contributed by atoms with Gasteiger partial charge in [-0.2, -0.15) is 13.2 Å². The van der Waals surface area contributed by atoms with Crippen molar-refractivity contribution in [2.75, 3.05) is 7.11 Å². The lowest BCUT2D eigenvalue weighted by molar-refractivity contribution is -0.140. The van der Waals surface area contributed by atoms with Crippen LogP contribution >= 0.6 is 0 Å². The van der Waals surface area contributed by atoms with Crippen molar-refractivity contribution in [1.29, 1.82) is 0 Å². The number of rotatable bonds is 3. The second-order valence-corrected chi connectivity index (χ2v) is 3.42. The molecule has 0 spiro atoms. The number of aryl methyl sites for hydroxylation is 1. The van der Waals surface area contributed by atoms with Gasteiger partial charge >= 0.3 is 12.1 Å². The highest BCUT2D eigenvalue weighted by molar-refractivity contribution is 5.69. The Balaban J connectivity index is 0.00000289. The summed E-state index contributed by atoms with van der Waals surface area (Å²) in [6, 6.07) is 2.21. The van der Waals surface area contributed by atoms with Gasteiger partial charge in [-0.05, 0) is 30.2 Å². The van der Waals surface area contributed by atoms with Crippen molar-refractivity contribution in [3.8, 4) is 0 Å². The van der Waals surface area contributed by atoms with E-state index in [2.05, 4.69) is 4.74 Å². The summed E-state index contributed by atoms with van der Waals surface area (Å²) in [5, 5.41) is 0. The van der Waals surface area contributed by atoms with Crippen LogP contribution in [-0.4, -0.2) is 13.1 Å². The van der Waals surface area contributed by atoms with Gasteiger partial charge in [0.05, 0.1) is 12.7 Å². The van der Waals surface area contributed by atoms with Crippen LogP contribution < -0.4 is 6.15 Å². The summed E-state index contributed by atoms with van der Waals surface area (Å²) >= 11 is 0. The van der Waals surface area contributed by atoms with Gasteiger partial charge in [-0.15, -0.1) is 0 Å². The fourth-order valence-corrected chi connectivity index (χ4v) is 1.31. The number of carbonyl (C=O) groups excluding carboxylic acids is 1. The van der Waals surface area contributed by atoms with E-state index in [4.69, 9.17) is 0 Å². The van der Waals surface area contributed by atoms with Gasteiger partial charge in [-0.3, -0.25) is 4.79 Å². The number of esters is 1. The number of benzene rings is 1. The summed E-state index contributed by atoms with van der Waals surface area (Å²) in [6.45, 7) is 0. The topological polar surface area (TPSA) is 61.3 Å². The molecule has 102 valence electrons. The highest BCUT2D eigenvalue weighted by Gasteiger charge is 2.31. The van der Waals surface area contributed by atoms with Crippen molar-refractivity contribution in [3.63, 3.8) is 0 Å². The molecule has 3 N–H and O–H groups in total. The molecular weight excluding hydrogens is 254 g/mol. The van der Waals surface area contributed by atoms with Crippen molar-refractivity contribution in [1.82, 2.24) is 6.15 Å². The minimum absolute atomic E-state index is 0. The average molecular weight is 267 g/mol. The predicted molar refractivity (Wildman–Crippen MR) is 56.8 cm³/mol. The zero-order valence-electron chi connectivity index (χ0n) is 9.68. The predicted octanol–water partition coefficient (Wildman–Crippen LogP) is 3.11. The molecular formula is C11H13F4NO2. The molecule has 0 aliphatic heterocycles. The molecule has 0 heterocycles. The first-order valence-electron chi connectivity index (χ1n) is 4.76. The summed E-state index contributed by atoms with van der Waals surface area (Å²) in [5.41, 5.74) is -0.944. The summed E-state index contributed by atoms with van der Waals surface area (Å²) in [7, 11) is 1.18. The Labute approximate surface area is 101 Å². The number of methoxy groups -OCH3 is 1. The monoisotopic (exact) mass is 267 g/mol. The first kappa shape index (κ1) is 16.4. The van der Waals surface area contributed by atoms with E-state index in [1.54, 1.807) is 0 Å². The van der Waals surface area contributed by atoms with Gasteiger partial charge in [0, 0.05) is 6.42 Å². The molecule has 0 bridgehead atoms. The molecule has 0 aliphatic carbocycles. The van der Waals surface area contributed by atoms with E-state index < -0.39 is 23.5 Å². The molecule has 3 nitrogen and oxygen atoms in total. The van der Waals surface area contributed by atoms with E-state index in [1.807, 2.05) is 0 Å².